The first kappa shape index (κ1) is 14.3. The van der Waals surface area contributed by atoms with E-state index in [0.717, 1.165) is 6.07 Å². The fourth-order valence-corrected chi connectivity index (χ4v) is 2.74. The molecular weight excluding hydrogens is 267 g/mol. The summed E-state index contributed by atoms with van der Waals surface area (Å²) in [7, 11) is -3.94. The summed E-state index contributed by atoms with van der Waals surface area (Å²) in [4.78, 5) is 3.53. The fraction of sp³-hybridized carbons (Fsp3) is 0.500. The van der Waals surface area contributed by atoms with Gasteiger partial charge < -0.3 is 0 Å². The molecule has 1 N–H and O–H groups in total. The lowest BCUT2D eigenvalue weighted by Crippen LogP contribution is -2.38. The average molecular weight is 281 g/mol. The first-order valence-corrected chi connectivity index (χ1v) is 7.09. The predicted octanol–water partition coefficient (Wildman–Crippen LogP) is 1.76. The summed E-state index contributed by atoms with van der Waals surface area (Å²) in [5, 5.41) is -0.589. The van der Waals surface area contributed by atoms with Crippen molar-refractivity contribution in [2.45, 2.75) is 24.9 Å². The van der Waals surface area contributed by atoms with Crippen LogP contribution in [0.5, 0.6) is 0 Å². The number of aromatic nitrogens is 1. The van der Waals surface area contributed by atoms with Crippen LogP contribution in [-0.4, -0.2) is 25.3 Å². The molecule has 0 spiro atoms. The van der Waals surface area contributed by atoms with Gasteiger partial charge >= 0.3 is 0 Å². The number of hydrogen-bond acceptors (Lipinski definition) is 3. The molecule has 0 amide bonds. The van der Waals surface area contributed by atoms with Crippen LogP contribution in [-0.2, 0) is 10.0 Å². The van der Waals surface area contributed by atoms with Crippen LogP contribution in [0, 0.1) is 11.7 Å². The molecule has 0 saturated heterocycles. The number of nitrogens with one attached hydrogen (secondary N) is 1. The largest absolute Gasteiger partial charge is 0.261 e. The van der Waals surface area contributed by atoms with E-state index in [2.05, 4.69) is 9.71 Å². The summed E-state index contributed by atoms with van der Waals surface area (Å²) in [5.41, 5.74) is 0. The molecule has 17 heavy (non-hydrogen) atoms. The van der Waals surface area contributed by atoms with E-state index >= 15 is 0 Å². The molecule has 0 fully saturated rings. The molecule has 4 nitrogen and oxygen atoms in total. The Balaban J connectivity index is 2.94. The summed E-state index contributed by atoms with van der Waals surface area (Å²) in [6.07, 6.45) is 1.23. The van der Waals surface area contributed by atoms with Crippen LogP contribution >= 0.6 is 11.6 Å². The second-order valence-corrected chi connectivity index (χ2v) is 5.77. The minimum Gasteiger partial charge on any atom is -0.241 e. The van der Waals surface area contributed by atoms with Crippen LogP contribution in [0.3, 0.4) is 0 Å². The van der Waals surface area contributed by atoms with Gasteiger partial charge in [-0.3, -0.25) is 0 Å². The molecule has 0 radical (unpaired) electrons. The van der Waals surface area contributed by atoms with Gasteiger partial charge in [-0.25, -0.2) is 22.5 Å². The Hall–Kier alpha value is -0.720. The van der Waals surface area contributed by atoms with Crippen molar-refractivity contribution < 1.29 is 12.8 Å². The predicted molar refractivity (Wildman–Crippen MR) is 63.9 cm³/mol. The van der Waals surface area contributed by atoms with E-state index in [1.54, 1.807) is 13.8 Å². The van der Waals surface area contributed by atoms with E-state index < -0.39 is 20.9 Å². The molecule has 2 atom stereocenters. The van der Waals surface area contributed by atoms with E-state index in [-0.39, 0.29) is 12.0 Å². The Kier molecular flexibility index (Phi) is 4.85. The van der Waals surface area contributed by atoms with Crippen molar-refractivity contribution in [1.82, 2.24) is 9.71 Å². The lowest BCUT2D eigenvalue weighted by molar-refractivity contribution is 0.474. The highest BCUT2D eigenvalue weighted by Gasteiger charge is 2.24. The second-order valence-electron chi connectivity index (χ2n) is 3.83. The van der Waals surface area contributed by atoms with E-state index in [4.69, 9.17) is 11.6 Å². The van der Waals surface area contributed by atoms with Crippen LogP contribution in [0.25, 0.3) is 0 Å². The highest BCUT2D eigenvalue weighted by molar-refractivity contribution is 7.89. The molecule has 0 bridgehead atoms. The number of halogens is 2. The van der Waals surface area contributed by atoms with Crippen molar-refractivity contribution >= 4 is 21.6 Å². The molecule has 0 aromatic carbocycles. The van der Waals surface area contributed by atoms with Crippen LogP contribution < -0.4 is 4.72 Å². The van der Waals surface area contributed by atoms with Crippen LogP contribution in [0.1, 0.15) is 13.8 Å². The highest BCUT2D eigenvalue weighted by Crippen LogP contribution is 2.13. The molecule has 0 aliphatic carbocycles. The van der Waals surface area contributed by atoms with Crippen molar-refractivity contribution in [3.63, 3.8) is 0 Å². The van der Waals surface area contributed by atoms with Gasteiger partial charge in [0.25, 0.3) is 10.0 Å². The molecule has 1 heterocycles. The fourth-order valence-electron chi connectivity index (χ4n) is 1.12. The van der Waals surface area contributed by atoms with Crippen LogP contribution in [0.15, 0.2) is 23.4 Å². The Morgan fingerprint density at radius 2 is 2.18 bits per heavy atom. The molecule has 0 saturated carbocycles. The second kappa shape index (κ2) is 5.75. The molecule has 0 aliphatic heterocycles. The van der Waals surface area contributed by atoms with E-state index in [9.17, 15) is 12.8 Å². The quantitative estimate of drug-likeness (QED) is 0.836. The zero-order valence-electron chi connectivity index (χ0n) is 9.52. The van der Waals surface area contributed by atoms with Crippen LogP contribution in [0.4, 0.5) is 4.39 Å². The normalized spacial score (nSPS) is 15.5. The van der Waals surface area contributed by atoms with Gasteiger partial charge in [-0.2, -0.15) is 0 Å². The summed E-state index contributed by atoms with van der Waals surface area (Å²) in [5.74, 6) is -0.613. The Morgan fingerprint density at radius 3 is 2.71 bits per heavy atom. The molecule has 2 unspecified atom stereocenters. The van der Waals surface area contributed by atoms with Gasteiger partial charge in [0.2, 0.25) is 5.03 Å². The maximum atomic E-state index is 13.3. The number of alkyl halides is 1. The molecule has 0 aliphatic rings. The van der Waals surface area contributed by atoms with E-state index in [0.29, 0.717) is 5.88 Å². The summed E-state index contributed by atoms with van der Waals surface area (Å²) >= 11 is 5.63. The third kappa shape index (κ3) is 3.62. The number of hydrogen-bond donors (Lipinski definition) is 1. The van der Waals surface area contributed by atoms with Crippen molar-refractivity contribution in [2.24, 2.45) is 5.92 Å². The van der Waals surface area contributed by atoms with Gasteiger partial charge in [0.05, 0.1) is 0 Å². The smallest absolute Gasteiger partial charge is 0.241 e. The average Bonchev–Trinajstić information content (AvgIpc) is 2.27. The SMILES string of the molecule is CC(CCl)C(C)NS(=O)(=O)c1ncccc1F. The Morgan fingerprint density at radius 1 is 1.53 bits per heavy atom. The summed E-state index contributed by atoms with van der Waals surface area (Å²) < 4.78 is 39.3. The Labute approximate surface area is 105 Å². The zero-order valence-corrected chi connectivity index (χ0v) is 11.1. The number of nitrogens with zero attached hydrogens (tertiary/aromatic N) is 1. The monoisotopic (exact) mass is 280 g/mol. The molecule has 96 valence electrons. The summed E-state index contributed by atoms with van der Waals surface area (Å²) in [6, 6.07) is 2.00. The third-order valence-electron chi connectivity index (χ3n) is 2.42. The van der Waals surface area contributed by atoms with Gasteiger partial charge in [0.1, 0.15) is 0 Å². The van der Waals surface area contributed by atoms with E-state index in [1.165, 1.54) is 12.3 Å². The molecule has 1 aromatic rings. The molecule has 1 aromatic heterocycles. The van der Waals surface area contributed by atoms with Crippen molar-refractivity contribution in [3.8, 4) is 0 Å². The number of rotatable bonds is 5. The van der Waals surface area contributed by atoms with Crippen molar-refractivity contribution in [3.05, 3.63) is 24.1 Å². The highest BCUT2D eigenvalue weighted by atomic mass is 35.5. The lowest BCUT2D eigenvalue weighted by Gasteiger charge is -2.18. The molecule has 1 rings (SSSR count). The maximum absolute atomic E-state index is 13.3. The van der Waals surface area contributed by atoms with Gasteiger partial charge in [-0.15, -0.1) is 11.6 Å². The third-order valence-corrected chi connectivity index (χ3v) is 4.40. The van der Waals surface area contributed by atoms with Gasteiger partial charge in [0.15, 0.2) is 5.82 Å². The lowest BCUT2D eigenvalue weighted by atomic mass is 10.1. The van der Waals surface area contributed by atoms with E-state index in [1.807, 2.05) is 0 Å². The van der Waals surface area contributed by atoms with Gasteiger partial charge in [0, 0.05) is 18.1 Å². The minimum atomic E-state index is -3.94. The van der Waals surface area contributed by atoms with Crippen molar-refractivity contribution in [1.29, 1.82) is 0 Å². The topological polar surface area (TPSA) is 59.1 Å². The zero-order chi connectivity index (χ0) is 13.1. The Bertz CT molecular complexity index is 481. The van der Waals surface area contributed by atoms with Crippen LogP contribution in [0.2, 0.25) is 0 Å². The first-order chi connectivity index (χ1) is 7.88. The maximum Gasteiger partial charge on any atom is 0.261 e. The number of pyridine rings is 1. The minimum absolute atomic E-state index is 0.0572. The standard InChI is InChI=1S/C10H14ClFN2O2S/c1-7(6-11)8(2)14-17(15,16)10-9(12)4-3-5-13-10/h3-5,7-8,14H,6H2,1-2H3. The number of sulfonamides is 1. The van der Waals surface area contributed by atoms with Crippen molar-refractivity contribution in [2.75, 3.05) is 5.88 Å². The van der Waals surface area contributed by atoms with Gasteiger partial charge in [-0.05, 0) is 25.0 Å². The molecule has 7 heteroatoms. The first-order valence-electron chi connectivity index (χ1n) is 5.07. The summed E-state index contributed by atoms with van der Waals surface area (Å²) in [6.45, 7) is 3.47. The van der Waals surface area contributed by atoms with Gasteiger partial charge in [-0.1, -0.05) is 6.92 Å². The molecular formula is C10H14ClFN2O2S.